The van der Waals surface area contributed by atoms with E-state index in [-0.39, 0.29) is 5.91 Å². The van der Waals surface area contributed by atoms with Crippen molar-refractivity contribution in [2.45, 2.75) is 19.8 Å². The summed E-state index contributed by atoms with van der Waals surface area (Å²) in [6.07, 6.45) is 1.82. The number of rotatable bonds is 5. The third kappa shape index (κ3) is 4.30. The second-order valence-corrected chi connectivity index (χ2v) is 3.69. The summed E-state index contributed by atoms with van der Waals surface area (Å²) in [6, 6.07) is 5.41. The molecule has 0 aliphatic rings. The predicted molar refractivity (Wildman–Crippen MR) is 61.3 cm³/mol. The minimum absolute atomic E-state index is 0.117. The summed E-state index contributed by atoms with van der Waals surface area (Å²) < 4.78 is 0. The highest BCUT2D eigenvalue weighted by atomic mass is 35.5. The number of aryl methyl sites for hydroxylation is 1. The third-order valence-electron chi connectivity index (χ3n) is 1.97. The van der Waals surface area contributed by atoms with Crippen LogP contribution < -0.4 is 5.32 Å². The van der Waals surface area contributed by atoms with Crippen LogP contribution in [-0.4, -0.2) is 23.3 Å². The number of hydrogen-bond donors (Lipinski definition) is 1. The molecule has 1 aromatic heterocycles. The second kappa shape index (κ2) is 6.40. The maximum atomic E-state index is 11.6. The molecule has 0 atom stereocenters. The van der Waals surface area contributed by atoms with E-state index in [0.29, 0.717) is 18.1 Å². The molecule has 3 nitrogen and oxygen atoms in total. The zero-order valence-electron chi connectivity index (χ0n) is 8.79. The fourth-order valence-corrected chi connectivity index (χ4v) is 1.37. The van der Waals surface area contributed by atoms with Crippen molar-refractivity contribution in [3.05, 3.63) is 29.6 Å². The Labute approximate surface area is 94.9 Å². The maximum absolute atomic E-state index is 11.6. The molecule has 0 aromatic carbocycles. The van der Waals surface area contributed by atoms with Crippen LogP contribution in [0.15, 0.2) is 18.2 Å². The van der Waals surface area contributed by atoms with Crippen LogP contribution in [-0.2, 0) is 0 Å². The molecule has 1 heterocycles. The summed E-state index contributed by atoms with van der Waals surface area (Å²) >= 11 is 5.53. The molecule has 0 saturated heterocycles. The van der Waals surface area contributed by atoms with E-state index < -0.39 is 0 Å². The van der Waals surface area contributed by atoms with Crippen molar-refractivity contribution in [1.29, 1.82) is 0 Å². The van der Waals surface area contributed by atoms with Crippen molar-refractivity contribution in [3.8, 4) is 0 Å². The predicted octanol–water partition coefficient (Wildman–Crippen LogP) is 2.14. The molecule has 0 bridgehead atoms. The lowest BCUT2D eigenvalue weighted by Crippen LogP contribution is -2.25. The van der Waals surface area contributed by atoms with Crippen molar-refractivity contribution >= 4 is 17.5 Å². The number of carbonyl (C=O) groups excluding carboxylic acids is 1. The first-order valence-corrected chi connectivity index (χ1v) is 5.55. The number of halogens is 1. The van der Waals surface area contributed by atoms with E-state index in [4.69, 9.17) is 11.6 Å². The third-order valence-corrected chi connectivity index (χ3v) is 2.23. The number of unbranched alkanes of at least 4 members (excludes halogenated alkanes) is 1. The molecule has 0 aliphatic carbocycles. The Hall–Kier alpha value is -1.09. The number of hydrogen-bond acceptors (Lipinski definition) is 2. The van der Waals surface area contributed by atoms with E-state index in [0.717, 1.165) is 18.5 Å². The largest absolute Gasteiger partial charge is 0.351 e. The van der Waals surface area contributed by atoms with Gasteiger partial charge in [0.15, 0.2) is 0 Å². The Balaban J connectivity index is 2.40. The average Bonchev–Trinajstić information content (AvgIpc) is 2.24. The van der Waals surface area contributed by atoms with Crippen LogP contribution in [0.5, 0.6) is 0 Å². The molecule has 0 radical (unpaired) electrons. The standard InChI is InChI=1S/C11H15ClN2O/c1-9-5-4-6-10(14-9)11(15)13-8-3-2-7-12/h4-6H,2-3,7-8H2,1H3,(H,13,15). The monoisotopic (exact) mass is 226 g/mol. The van der Waals surface area contributed by atoms with E-state index in [2.05, 4.69) is 10.3 Å². The Morgan fingerprint density at radius 1 is 1.47 bits per heavy atom. The van der Waals surface area contributed by atoms with Crippen LogP contribution in [0.1, 0.15) is 29.0 Å². The maximum Gasteiger partial charge on any atom is 0.269 e. The lowest BCUT2D eigenvalue weighted by molar-refractivity contribution is 0.0948. The van der Waals surface area contributed by atoms with Crippen molar-refractivity contribution in [3.63, 3.8) is 0 Å². The normalized spacial score (nSPS) is 10.0. The fourth-order valence-electron chi connectivity index (χ4n) is 1.18. The highest BCUT2D eigenvalue weighted by Gasteiger charge is 2.05. The average molecular weight is 227 g/mol. The minimum Gasteiger partial charge on any atom is -0.351 e. The molecule has 1 rings (SSSR count). The molecule has 82 valence electrons. The summed E-state index contributed by atoms with van der Waals surface area (Å²) in [4.78, 5) is 15.7. The van der Waals surface area contributed by atoms with Gasteiger partial charge in [0, 0.05) is 18.1 Å². The van der Waals surface area contributed by atoms with Gasteiger partial charge in [-0.1, -0.05) is 6.07 Å². The molecule has 1 amide bonds. The number of carbonyl (C=O) groups is 1. The summed E-state index contributed by atoms with van der Waals surface area (Å²) in [5.74, 6) is 0.520. The van der Waals surface area contributed by atoms with Crippen LogP contribution in [0.2, 0.25) is 0 Å². The van der Waals surface area contributed by atoms with Gasteiger partial charge >= 0.3 is 0 Å². The molecular weight excluding hydrogens is 212 g/mol. The lowest BCUT2D eigenvalue weighted by Gasteiger charge is -2.04. The van der Waals surface area contributed by atoms with Crippen molar-refractivity contribution < 1.29 is 4.79 Å². The molecule has 4 heteroatoms. The van der Waals surface area contributed by atoms with Gasteiger partial charge in [-0.2, -0.15) is 0 Å². The van der Waals surface area contributed by atoms with Gasteiger partial charge < -0.3 is 5.32 Å². The molecule has 15 heavy (non-hydrogen) atoms. The van der Waals surface area contributed by atoms with Crippen molar-refractivity contribution in [2.24, 2.45) is 0 Å². The fraction of sp³-hybridized carbons (Fsp3) is 0.455. The zero-order valence-corrected chi connectivity index (χ0v) is 9.55. The Kier molecular flexibility index (Phi) is 5.12. The molecule has 0 aliphatic heterocycles. The summed E-state index contributed by atoms with van der Waals surface area (Å²) in [5.41, 5.74) is 1.32. The lowest BCUT2D eigenvalue weighted by atomic mass is 10.3. The van der Waals surface area contributed by atoms with Crippen LogP contribution in [0.25, 0.3) is 0 Å². The number of pyridine rings is 1. The first kappa shape index (κ1) is 12.0. The topological polar surface area (TPSA) is 42.0 Å². The van der Waals surface area contributed by atoms with Gasteiger partial charge in [-0.15, -0.1) is 11.6 Å². The molecule has 0 saturated carbocycles. The summed E-state index contributed by atoms with van der Waals surface area (Å²) in [5, 5.41) is 2.80. The van der Waals surface area contributed by atoms with Gasteiger partial charge in [0.2, 0.25) is 0 Å². The molecule has 0 spiro atoms. The Morgan fingerprint density at radius 2 is 2.27 bits per heavy atom. The van der Waals surface area contributed by atoms with Gasteiger partial charge in [-0.3, -0.25) is 4.79 Å². The van der Waals surface area contributed by atoms with Crippen LogP contribution in [0.4, 0.5) is 0 Å². The molecule has 1 aromatic rings. The molecule has 0 unspecified atom stereocenters. The summed E-state index contributed by atoms with van der Waals surface area (Å²) in [7, 11) is 0. The summed E-state index contributed by atoms with van der Waals surface area (Å²) in [6.45, 7) is 2.52. The Morgan fingerprint density at radius 3 is 2.93 bits per heavy atom. The zero-order chi connectivity index (χ0) is 11.1. The van der Waals surface area contributed by atoms with Crippen molar-refractivity contribution in [2.75, 3.05) is 12.4 Å². The number of aromatic nitrogens is 1. The van der Waals surface area contributed by atoms with E-state index in [1.54, 1.807) is 6.07 Å². The van der Waals surface area contributed by atoms with E-state index >= 15 is 0 Å². The van der Waals surface area contributed by atoms with Gasteiger partial charge in [-0.05, 0) is 31.9 Å². The van der Waals surface area contributed by atoms with Gasteiger partial charge in [-0.25, -0.2) is 4.98 Å². The molecular formula is C11H15ClN2O. The minimum atomic E-state index is -0.117. The smallest absolute Gasteiger partial charge is 0.269 e. The Bertz CT molecular complexity index is 328. The van der Waals surface area contributed by atoms with E-state index in [1.807, 2.05) is 19.1 Å². The van der Waals surface area contributed by atoms with Crippen LogP contribution in [0.3, 0.4) is 0 Å². The number of amides is 1. The highest BCUT2D eigenvalue weighted by Crippen LogP contribution is 1.98. The molecule has 0 fully saturated rings. The number of nitrogens with one attached hydrogen (secondary N) is 1. The second-order valence-electron chi connectivity index (χ2n) is 3.32. The number of alkyl halides is 1. The van der Waals surface area contributed by atoms with Gasteiger partial charge in [0.25, 0.3) is 5.91 Å². The number of nitrogens with zero attached hydrogens (tertiary/aromatic N) is 1. The van der Waals surface area contributed by atoms with Crippen LogP contribution in [0, 0.1) is 6.92 Å². The first-order valence-electron chi connectivity index (χ1n) is 5.02. The SMILES string of the molecule is Cc1cccc(C(=O)NCCCCCl)n1. The van der Waals surface area contributed by atoms with Gasteiger partial charge in [0.1, 0.15) is 5.69 Å². The van der Waals surface area contributed by atoms with Gasteiger partial charge in [0.05, 0.1) is 0 Å². The molecule has 1 N–H and O–H groups in total. The highest BCUT2D eigenvalue weighted by molar-refractivity contribution is 6.17. The van der Waals surface area contributed by atoms with Crippen LogP contribution >= 0.6 is 11.6 Å². The van der Waals surface area contributed by atoms with E-state index in [9.17, 15) is 4.79 Å². The quantitative estimate of drug-likeness (QED) is 0.618. The van der Waals surface area contributed by atoms with E-state index in [1.165, 1.54) is 0 Å². The first-order chi connectivity index (χ1) is 7.24. The van der Waals surface area contributed by atoms with Crippen molar-refractivity contribution in [1.82, 2.24) is 10.3 Å².